The summed E-state index contributed by atoms with van der Waals surface area (Å²) < 4.78 is 46.0. The van der Waals surface area contributed by atoms with Crippen LogP contribution in [0.15, 0.2) is 47.4 Å². The second-order valence-electron chi connectivity index (χ2n) is 6.24. The second kappa shape index (κ2) is 6.40. The molecule has 0 N–H and O–H groups in total. The Balaban J connectivity index is 1.65. The topological polar surface area (TPSA) is 49.9 Å². The first-order valence-electron chi connectivity index (χ1n) is 8.25. The van der Waals surface area contributed by atoms with Crippen molar-refractivity contribution in [3.63, 3.8) is 0 Å². The lowest BCUT2D eigenvalue weighted by Crippen LogP contribution is -2.36. The first-order chi connectivity index (χ1) is 12.1. The van der Waals surface area contributed by atoms with Gasteiger partial charge in [0.25, 0.3) is 0 Å². The molecule has 25 heavy (non-hydrogen) atoms. The summed E-state index contributed by atoms with van der Waals surface area (Å²) in [6.07, 6.45) is 0. The van der Waals surface area contributed by atoms with Crippen molar-refractivity contribution in [3.05, 3.63) is 59.4 Å². The number of fused-ring (bicyclic) bond motifs is 1. The van der Waals surface area contributed by atoms with E-state index >= 15 is 0 Å². The number of nitrogens with zero attached hydrogens (tertiary/aromatic N) is 2. The molecule has 2 aromatic rings. The molecule has 132 valence electrons. The van der Waals surface area contributed by atoms with E-state index in [2.05, 4.69) is 4.90 Å². The molecule has 0 radical (unpaired) electrons. The highest BCUT2D eigenvalue weighted by molar-refractivity contribution is 7.89. The van der Waals surface area contributed by atoms with Crippen LogP contribution in [0.4, 0.5) is 10.1 Å². The summed E-state index contributed by atoms with van der Waals surface area (Å²) in [6, 6.07) is 11.1. The summed E-state index contributed by atoms with van der Waals surface area (Å²) in [5, 5.41) is 0. The summed E-state index contributed by atoms with van der Waals surface area (Å²) in [7, 11) is -3.73. The van der Waals surface area contributed by atoms with E-state index in [1.165, 1.54) is 22.5 Å². The van der Waals surface area contributed by atoms with Crippen LogP contribution in [0.25, 0.3) is 0 Å². The molecule has 5 nitrogen and oxygen atoms in total. The summed E-state index contributed by atoms with van der Waals surface area (Å²) in [5.74, 6) is -0.549. The molecule has 0 saturated carbocycles. The van der Waals surface area contributed by atoms with E-state index in [1.54, 1.807) is 0 Å². The van der Waals surface area contributed by atoms with Gasteiger partial charge in [0, 0.05) is 31.9 Å². The second-order valence-corrected chi connectivity index (χ2v) is 8.18. The number of hydrogen-bond acceptors (Lipinski definition) is 4. The fourth-order valence-electron chi connectivity index (χ4n) is 3.42. The Hall–Kier alpha value is -1.96. The molecule has 0 aliphatic carbocycles. The molecule has 0 unspecified atom stereocenters. The van der Waals surface area contributed by atoms with Gasteiger partial charge in [0.05, 0.1) is 18.1 Å². The fourth-order valence-corrected chi connectivity index (χ4v) is 4.84. The maximum atomic E-state index is 13.5. The van der Waals surface area contributed by atoms with E-state index < -0.39 is 15.8 Å². The number of benzene rings is 2. The molecule has 0 aromatic heterocycles. The van der Waals surface area contributed by atoms with Gasteiger partial charge >= 0.3 is 0 Å². The van der Waals surface area contributed by atoms with Crippen molar-refractivity contribution in [1.29, 1.82) is 0 Å². The maximum absolute atomic E-state index is 13.5. The van der Waals surface area contributed by atoms with Crippen LogP contribution in [-0.2, 0) is 27.8 Å². The van der Waals surface area contributed by atoms with E-state index in [-0.39, 0.29) is 4.90 Å². The zero-order valence-corrected chi connectivity index (χ0v) is 14.5. The molecular weight excluding hydrogens is 343 g/mol. The highest BCUT2D eigenvalue weighted by Crippen LogP contribution is 2.35. The minimum atomic E-state index is -3.73. The van der Waals surface area contributed by atoms with E-state index in [0.717, 1.165) is 36.0 Å². The zero-order valence-electron chi connectivity index (χ0n) is 13.7. The Labute approximate surface area is 146 Å². The number of morpholine rings is 1. The van der Waals surface area contributed by atoms with Gasteiger partial charge < -0.3 is 9.64 Å². The van der Waals surface area contributed by atoms with Gasteiger partial charge in [-0.1, -0.05) is 18.2 Å². The van der Waals surface area contributed by atoms with Gasteiger partial charge in [-0.3, -0.25) is 0 Å². The SMILES string of the molecule is O=S(=O)(c1cccc(F)c1)N1Cc2cccc(N3CCOCC3)c2C1. The number of halogens is 1. The van der Waals surface area contributed by atoms with Crippen molar-refractivity contribution >= 4 is 15.7 Å². The van der Waals surface area contributed by atoms with Crippen molar-refractivity contribution < 1.29 is 17.5 Å². The Morgan fingerprint density at radius 2 is 1.76 bits per heavy atom. The fraction of sp³-hybridized carbons (Fsp3) is 0.333. The third-order valence-corrected chi connectivity index (χ3v) is 6.50. The van der Waals surface area contributed by atoms with Crippen LogP contribution < -0.4 is 4.90 Å². The molecule has 7 heteroatoms. The molecule has 2 aliphatic rings. The molecule has 1 saturated heterocycles. The van der Waals surface area contributed by atoms with E-state index in [0.29, 0.717) is 26.3 Å². The average molecular weight is 362 g/mol. The number of rotatable bonds is 3. The molecule has 0 bridgehead atoms. The summed E-state index contributed by atoms with van der Waals surface area (Å²) in [6.45, 7) is 3.57. The highest BCUT2D eigenvalue weighted by Gasteiger charge is 2.33. The van der Waals surface area contributed by atoms with Gasteiger partial charge in [-0.2, -0.15) is 4.31 Å². The molecule has 2 heterocycles. The molecule has 4 rings (SSSR count). The van der Waals surface area contributed by atoms with Crippen LogP contribution >= 0.6 is 0 Å². The molecule has 0 amide bonds. The third-order valence-electron chi connectivity index (χ3n) is 4.72. The summed E-state index contributed by atoms with van der Waals surface area (Å²) in [5.41, 5.74) is 3.10. The van der Waals surface area contributed by atoms with E-state index in [9.17, 15) is 12.8 Å². The predicted molar refractivity (Wildman–Crippen MR) is 92.3 cm³/mol. The van der Waals surface area contributed by atoms with Crippen LogP contribution in [0.2, 0.25) is 0 Å². The number of ether oxygens (including phenoxy) is 1. The minimum absolute atomic E-state index is 0.00627. The minimum Gasteiger partial charge on any atom is -0.378 e. The Morgan fingerprint density at radius 1 is 1.00 bits per heavy atom. The van der Waals surface area contributed by atoms with Crippen LogP contribution in [0.3, 0.4) is 0 Å². The summed E-state index contributed by atoms with van der Waals surface area (Å²) >= 11 is 0. The van der Waals surface area contributed by atoms with Crippen LogP contribution in [0.1, 0.15) is 11.1 Å². The molecule has 1 fully saturated rings. The van der Waals surface area contributed by atoms with Gasteiger partial charge in [-0.05, 0) is 35.4 Å². The standard InChI is InChI=1S/C18H19FN2O3S/c19-15-4-2-5-16(11-15)25(22,23)21-12-14-3-1-6-18(17(14)13-21)20-7-9-24-10-8-20/h1-6,11H,7-10,12-13H2. The van der Waals surface area contributed by atoms with Gasteiger partial charge in [0.1, 0.15) is 5.82 Å². The van der Waals surface area contributed by atoms with Crippen LogP contribution in [0, 0.1) is 5.82 Å². The van der Waals surface area contributed by atoms with Crippen molar-refractivity contribution in [2.75, 3.05) is 31.2 Å². The molecule has 2 aromatic carbocycles. The van der Waals surface area contributed by atoms with Gasteiger partial charge in [0.2, 0.25) is 10.0 Å². The number of sulfonamides is 1. The first-order valence-corrected chi connectivity index (χ1v) is 9.69. The zero-order chi connectivity index (χ0) is 17.4. The number of hydrogen-bond donors (Lipinski definition) is 0. The highest BCUT2D eigenvalue weighted by atomic mass is 32.2. The normalized spacial score (nSPS) is 18.4. The summed E-state index contributed by atoms with van der Waals surface area (Å²) in [4.78, 5) is 2.23. The van der Waals surface area contributed by atoms with Crippen LogP contribution in [0.5, 0.6) is 0 Å². The smallest absolute Gasteiger partial charge is 0.243 e. The monoisotopic (exact) mass is 362 g/mol. The van der Waals surface area contributed by atoms with Gasteiger partial charge in [-0.25, -0.2) is 12.8 Å². The largest absolute Gasteiger partial charge is 0.378 e. The molecule has 2 aliphatic heterocycles. The van der Waals surface area contributed by atoms with Crippen molar-refractivity contribution in [2.45, 2.75) is 18.0 Å². The maximum Gasteiger partial charge on any atom is 0.243 e. The third kappa shape index (κ3) is 3.03. The lowest BCUT2D eigenvalue weighted by Gasteiger charge is -2.30. The lowest BCUT2D eigenvalue weighted by molar-refractivity contribution is 0.122. The van der Waals surface area contributed by atoms with Gasteiger partial charge in [0.15, 0.2) is 0 Å². The first kappa shape index (κ1) is 16.5. The molecule has 0 atom stereocenters. The quantitative estimate of drug-likeness (QED) is 0.841. The van der Waals surface area contributed by atoms with Crippen molar-refractivity contribution in [1.82, 2.24) is 4.31 Å². The Morgan fingerprint density at radius 3 is 2.52 bits per heavy atom. The Kier molecular flexibility index (Phi) is 4.23. The van der Waals surface area contributed by atoms with Crippen molar-refractivity contribution in [2.24, 2.45) is 0 Å². The number of anilines is 1. The van der Waals surface area contributed by atoms with E-state index in [1.807, 2.05) is 18.2 Å². The molecular formula is C18H19FN2O3S. The molecule has 0 spiro atoms. The Bertz CT molecular complexity index is 895. The van der Waals surface area contributed by atoms with E-state index in [4.69, 9.17) is 4.74 Å². The lowest BCUT2D eigenvalue weighted by atomic mass is 10.1. The predicted octanol–water partition coefficient (Wildman–Crippen LogP) is 2.37. The van der Waals surface area contributed by atoms with Gasteiger partial charge in [-0.15, -0.1) is 0 Å². The van der Waals surface area contributed by atoms with Crippen LogP contribution in [-0.4, -0.2) is 39.0 Å². The van der Waals surface area contributed by atoms with Crippen molar-refractivity contribution in [3.8, 4) is 0 Å². The average Bonchev–Trinajstić information content (AvgIpc) is 3.07.